The molecule has 4 atom stereocenters. The van der Waals surface area contributed by atoms with E-state index in [4.69, 9.17) is 4.74 Å². The van der Waals surface area contributed by atoms with Crippen LogP contribution < -0.4 is 16.0 Å². The Labute approximate surface area is 164 Å². The summed E-state index contributed by atoms with van der Waals surface area (Å²) < 4.78 is 5.74. The maximum Gasteiger partial charge on any atom is 0.0623 e. The third-order valence-electron chi connectivity index (χ3n) is 7.12. The molecule has 0 aromatic heterocycles. The van der Waals surface area contributed by atoms with E-state index in [-0.39, 0.29) is 5.54 Å². The van der Waals surface area contributed by atoms with Gasteiger partial charge in [-0.3, -0.25) is 0 Å². The van der Waals surface area contributed by atoms with Gasteiger partial charge in [0.1, 0.15) is 0 Å². The summed E-state index contributed by atoms with van der Waals surface area (Å²) >= 11 is 0. The lowest BCUT2D eigenvalue weighted by atomic mass is 9.91. The van der Waals surface area contributed by atoms with E-state index in [2.05, 4.69) is 53.2 Å². The topological polar surface area (TPSA) is 45.3 Å². The first-order chi connectivity index (χ1) is 13.3. The van der Waals surface area contributed by atoms with E-state index >= 15 is 0 Å². The van der Waals surface area contributed by atoms with E-state index in [1.54, 1.807) is 0 Å². The average Bonchev–Trinajstić information content (AvgIpc) is 3.38. The lowest BCUT2D eigenvalue weighted by Gasteiger charge is -2.38. The highest BCUT2D eigenvalue weighted by molar-refractivity contribution is 5.19. The highest BCUT2D eigenvalue weighted by atomic mass is 16.5. The standard InChI is InChI=1S/C23H37N3O/c1-18(19-8-3-2-4-9-19)26-23(12-5-6-13-23)17-25-21-11-7-10-20(21)22-16-27-15-14-24-22/h2-4,8-9,18,20-22,24-26H,5-7,10-17H2,1H3. The summed E-state index contributed by atoms with van der Waals surface area (Å²) in [5, 5.41) is 11.7. The molecule has 1 saturated heterocycles. The van der Waals surface area contributed by atoms with E-state index in [0.29, 0.717) is 18.1 Å². The molecule has 3 N–H and O–H groups in total. The van der Waals surface area contributed by atoms with Crippen LogP contribution >= 0.6 is 0 Å². The molecule has 2 saturated carbocycles. The molecule has 1 aromatic carbocycles. The van der Waals surface area contributed by atoms with Gasteiger partial charge in [0.25, 0.3) is 0 Å². The number of nitrogens with one attached hydrogen (secondary N) is 3. The van der Waals surface area contributed by atoms with Crippen molar-refractivity contribution in [2.24, 2.45) is 5.92 Å². The van der Waals surface area contributed by atoms with Crippen LogP contribution in [0.5, 0.6) is 0 Å². The SMILES string of the molecule is CC(NC1(CNC2CCCC2C2COCCN2)CCCC1)c1ccccc1. The highest BCUT2D eigenvalue weighted by Gasteiger charge is 2.39. The first kappa shape index (κ1) is 19.4. The monoisotopic (exact) mass is 371 g/mol. The molecule has 1 heterocycles. The summed E-state index contributed by atoms with van der Waals surface area (Å²) in [7, 11) is 0. The van der Waals surface area contributed by atoms with Crippen LogP contribution in [0.4, 0.5) is 0 Å². The third-order valence-corrected chi connectivity index (χ3v) is 7.12. The second-order valence-electron chi connectivity index (χ2n) is 8.98. The molecule has 0 radical (unpaired) electrons. The van der Waals surface area contributed by atoms with Crippen molar-refractivity contribution < 1.29 is 4.74 Å². The molecule has 3 fully saturated rings. The van der Waals surface area contributed by atoms with Gasteiger partial charge in [-0.25, -0.2) is 0 Å². The van der Waals surface area contributed by atoms with Gasteiger partial charge in [-0.1, -0.05) is 49.6 Å². The van der Waals surface area contributed by atoms with Crippen LogP contribution in [0, 0.1) is 5.92 Å². The molecular formula is C23H37N3O. The van der Waals surface area contributed by atoms with Gasteiger partial charge in [-0.15, -0.1) is 0 Å². The zero-order valence-electron chi connectivity index (χ0n) is 16.9. The van der Waals surface area contributed by atoms with Crippen LogP contribution in [-0.2, 0) is 4.74 Å². The second kappa shape index (κ2) is 9.04. The predicted octanol–water partition coefficient (Wildman–Crippen LogP) is 3.40. The van der Waals surface area contributed by atoms with E-state index in [0.717, 1.165) is 32.2 Å². The zero-order chi connectivity index (χ0) is 18.5. The van der Waals surface area contributed by atoms with Gasteiger partial charge in [0, 0.05) is 36.8 Å². The summed E-state index contributed by atoms with van der Waals surface area (Å²) in [6.07, 6.45) is 9.28. The first-order valence-electron chi connectivity index (χ1n) is 11.1. The van der Waals surface area contributed by atoms with Crippen LogP contribution in [0.1, 0.15) is 63.5 Å². The van der Waals surface area contributed by atoms with Crippen LogP contribution in [-0.4, -0.2) is 43.9 Å². The van der Waals surface area contributed by atoms with Crippen LogP contribution in [0.25, 0.3) is 0 Å². The minimum Gasteiger partial charge on any atom is -0.379 e. The summed E-state index contributed by atoms with van der Waals surface area (Å²) in [4.78, 5) is 0. The van der Waals surface area contributed by atoms with Gasteiger partial charge in [-0.05, 0) is 44.1 Å². The normalized spacial score (nSPS) is 31.8. The van der Waals surface area contributed by atoms with E-state index in [9.17, 15) is 0 Å². The predicted molar refractivity (Wildman–Crippen MR) is 111 cm³/mol. The van der Waals surface area contributed by atoms with Gasteiger partial charge in [0.15, 0.2) is 0 Å². The minimum atomic E-state index is 0.249. The molecule has 1 aliphatic heterocycles. The molecule has 4 unspecified atom stereocenters. The maximum absolute atomic E-state index is 5.74. The van der Waals surface area contributed by atoms with E-state index in [1.807, 2.05) is 0 Å². The summed E-state index contributed by atoms with van der Waals surface area (Å²) in [6.45, 7) is 6.17. The Hall–Kier alpha value is -0.940. The Bertz CT molecular complexity index is 566. The molecule has 0 amide bonds. The fourth-order valence-corrected chi connectivity index (χ4v) is 5.62. The smallest absolute Gasteiger partial charge is 0.0623 e. The molecule has 3 aliphatic rings. The number of rotatable bonds is 7. The van der Waals surface area contributed by atoms with Crippen LogP contribution in [0.3, 0.4) is 0 Å². The summed E-state index contributed by atoms with van der Waals surface area (Å²) in [5.41, 5.74) is 1.64. The number of benzene rings is 1. The van der Waals surface area contributed by atoms with E-state index < -0.39 is 0 Å². The van der Waals surface area contributed by atoms with Gasteiger partial charge >= 0.3 is 0 Å². The quantitative estimate of drug-likeness (QED) is 0.687. The number of hydrogen-bond donors (Lipinski definition) is 3. The molecule has 2 aliphatic carbocycles. The van der Waals surface area contributed by atoms with Crippen molar-refractivity contribution in [1.82, 2.24) is 16.0 Å². The fourth-order valence-electron chi connectivity index (χ4n) is 5.62. The number of hydrogen-bond acceptors (Lipinski definition) is 4. The van der Waals surface area contributed by atoms with E-state index in [1.165, 1.54) is 50.5 Å². The maximum atomic E-state index is 5.74. The van der Waals surface area contributed by atoms with Crippen molar-refractivity contribution in [3.8, 4) is 0 Å². The lowest BCUT2D eigenvalue weighted by Crippen LogP contribution is -2.56. The Morgan fingerprint density at radius 3 is 2.70 bits per heavy atom. The van der Waals surface area contributed by atoms with Crippen LogP contribution in [0.15, 0.2) is 30.3 Å². The first-order valence-corrected chi connectivity index (χ1v) is 11.1. The van der Waals surface area contributed by atoms with Gasteiger partial charge in [-0.2, -0.15) is 0 Å². The van der Waals surface area contributed by atoms with Crippen molar-refractivity contribution in [3.63, 3.8) is 0 Å². The lowest BCUT2D eigenvalue weighted by molar-refractivity contribution is 0.0518. The van der Waals surface area contributed by atoms with Gasteiger partial charge < -0.3 is 20.7 Å². The molecule has 4 nitrogen and oxygen atoms in total. The summed E-state index contributed by atoms with van der Waals surface area (Å²) in [6, 6.07) is 12.5. The Balaban J connectivity index is 1.36. The molecule has 27 heavy (non-hydrogen) atoms. The van der Waals surface area contributed by atoms with Crippen molar-refractivity contribution in [1.29, 1.82) is 0 Å². The average molecular weight is 372 g/mol. The van der Waals surface area contributed by atoms with Crippen LogP contribution in [0.2, 0.25) is 0 Å². The Morgan fingerprint density at radius 2 is 1.96 bits per heavy atom. The van der Waals surface area contributed by atoms with Crippen molar-refractivity contribution in [3.05, 3.63) is 35.9 Å². The molecule has 0 bridgehead atoms. The third kappa shape index (κ3) is 4.73. The largest absolute Gasteiger partial charge is 0.379 e. The van der Waals surface area contributed by atoms with Gasteiger partial charge in [0.2, 0.25) is 0 Å². The minimum absolute atomic E-state index is 0.249. The summed E-state index contributed by atoms with van der Waals surface area (Å²) in [5.74, 6) is 0.718. The van der Waals surface area contributed by atoms with Crippen molar-refractivity contribution in [2.45, 2.75) is 75.5 Å². The molecule has 1 aromatic rings. The molecular weight excluding hydrogens is 334 g/mol. The van der Waals surface area contributed by atoms with Gasteiger partial charge in [0.05, 0.1) is 13.2 Å². The molecule has 150 valence electrons. The Kier molecular flexibility index (Phi) is 6.49. The second-order valence-corrected chi connectivity index (χ2v) is 8.98. The highest BCUT2D eigenvalue weighted by Crippen LogP contribution is 2.34. The molecule has 0 spiro atoms. The fraction of sp³-hybridized carbons (Fsp3) is 0.739. The zero-order valence-corrected chi connectivity index (χ0v) is 16.9. The number of morpholine rings is 1. The van der Waals surface area contributed by atoms with Crippen molar-refractivity contribution >= 4 is 0 Å². The molecule has 4 rings (SSSR count). The van der Waals surface area contributed by atoms with Crippen molar-refractivity contribution in [2.75, 3.05) is 26.3 Å². The number of ether oxygens (including phenoxy) is 1. The molecule has 4 heteroatoms. The Morgan fingerprint density at radius 1 is 1.15 bits per heavy atom.